The minimum atomic E-state index is 0.0302. The maximum atomic E-state index is 12.7. The van der Waals surface area contributed by atoms with E-state index in [1.165, 1.54) is 18.0 Å². The molecule has 1 atom stereocenters. The van der Waals surface area contributed by atoms with Crippen LogP contribution in [0.4, 0.5) is 0 Å². The van der Waals surface area contributed by atoms with Crippen LogP contribution in [0.25, 0.3) is 0 Å². The van der Waals surface area contributed by atoms with Crippen LogP contribution < -0.4 is 5.32 Å². The molecule has 0 aliphatic carbocycles. The van der Waals surface area contributed by atoms with E-state index >= 15 is 0 Å². The summed E-state index contributed by atoms with van der Waals surface area (Å²) in [6, 6.07) is 0.391. The van der Waals surface area contributed by atoms with E-state index in [1.54, 1.807) is 7.11 Å². The van der Waals surface area contributed by atoms with Gasteiger partial charge in [0.25, 0.3) is 5.91 Å². The lowest BCUT2D eigenvalue weighted by atomic mass is 10.2. The van der Waals surface area contributed by atoms with Crippen molar-refractivity contribution in [3.05, 3.63) is 10.6 Å². The van der Waals surface area contributed by atoms with E-state index in [-0.39, 0.29) is 5.91 Å². The molecular formula is C13H22N4O2S. The number of hydrogen-bond acceptors (Lipinski definition) is 6. The first-order chi connectivity index (χ1) is 9.76. The molecule has 1 unspecified atom stereocenters. The molecule has 7 heteroatoms. The van der Waals surface area contributed by atoms with E-state index in [0.29, 0.717) is 24.1 Å². The molecule has 20 heavy (non-hydrogen) atoms. The largest absolute Gasteiger partial charge is 0.383 e. The summed E-state index contributed by atoms with van der Waals surface area (Å²) in [4.78, 5) is 15.2. The second kappa shape index (κ2) is 7.66. The molecule has 1 fully saturated rings. The normalized spacial score (nSPS) is 18.4. The number of nitrogens with one attached hydrogen (secondary N) is 1. The molecule has 1 aromatic rings. The summed E-state index contributed by atoms with van der Waals surface area (Å²) >= 11 is 1.19. The zero-order valence-electron chi connectivity index (χ0n) is 12.1. The second-order valence-corrected chi connectivity index (χ2v) is 5.69. The quantitative estimate of drug-likeness (QED) is 0.811. The Morgan fingerprint density at radius 1 is 1.60 bits per heavy atom. The average Bonchev–Trinajstić information content (AvgIpc) is 3.13. The van der Waals surface area contributed by atoms with Gasteiger partial charge in [-0.15, -0.1) is 5.10 Å². The second-order valence-electron chi connectivity index (χ2n) is 4.94. The van der Waals surface area contributed by atoms with Crippen LogP contribution in [-0.2, 0) is 11.2 Å². The highest BCUT2D eigenvalue weighted by molar-refractivity contribution is 7.08. The van der Waals surface area contributed by atoms with Crippen molar-refractivity contribution >= 4 is 17.4 Å². The van der Waals surface area contributed by atoms with E-state index in [4.69, 9.17) is 4.74 Å². The van der Waals surface area contributed by atoms with Gasteiger partial charge in [0.1, 0.15) is 4.88 Å². The van der Waals surface area contributed by atoms with Crippen molar-refractivity contribution in [2.75, 3.05) is 33.4 Å². The highest BCUT2D eigenvalue weighted by atomic mass is 32.1. The van der Waals surface area contributed by atoms with Crippen molar-refractivity contribution < 1.29 is 9.53 Å². The fourth-order valence-electron chi connectivity index (χ4n) is 2.40. The van der Waals surface area contributed by atoms with Crippen LogP contribution in [0.5, 0.6) is 0 Å². The smallest absolute Gasteiger partial charge is 0.267 e. The molecule has 1 aliphatic rings. The number of nitrogens with zero attached hydrogens (tertiary/aromatic N) is 3. The number of aryl methyl sites for hydroxylation is 1. The Hall–Kier alpha value is -1.05. The van der Waals surface area contributed by atoms with Crippen LogP contribution in [0.1, 0.15) is 35.1 Å². The Bertz CT molecular complexity index is 432. The summed E-state index contributed by atoms with van der Waals surface area (Å²) in [6.45, 7) is 4.91. The predicted octanol–water partition coefficient (Wildman–Crippen LogP) is 0.941. The Balaban J connectivity index is 2.06. The fourth-order valence-corrected chi connectivity index (χ4v) is 3.12. The number of ether oxygens (including phenoxy) is 1. The van der Waals surface area contributed by atoms with Gasteiger partial charge in [-0.3, -0.25) is 4.79 Å². The minimum Gasteiger partial charge on any atom is -0.383 e. The van der Waals surface area contributed by atoms with Crippen molar-refractivity contribution in [3.63, 3.8) is 0 Å². The molecule has 0 radical (unpaired) electrons. The first-order valence-electron chi connectivity index (χ1n) is 7.09. The van der Waals surface area contributed by atoms with Gasteiger partial charge in [-0.1, -0.05) is 11.4 Å². The highest BCUT2D eigenvalue weighted by Gasteiger charge is 2.25. The number of aromatic nitrogens is 2. The van der Waals surface area contributed by atoms with Crippen molar-refractivity contribution in [2.24, 2.45) is 0 Å². The van der Waals surface area contributed by atoms with Gasteiger partial charge in [-0.05, 0) is 37.3 Å². The maximum Gasteiger partial charge on any atom is 0.267 e. The Kier molecular flexibility index (Phi) is 5.87. The number of amides is 1. The van der Waals surface area contributed by atoms with Gasteiger partial charge in [0.15, 0.2) is 0 Å². The van der Waals surface area contributed by atoms with Crippen LogP contribution in [-0.4, -0.2) is 59.8 Å². The predicted molar refractivity (Wildman–Crippen MR) is 78.1 cm³/mol. The van der Waals surface area contributed by atoms with Gasteiger partial charge < -0.3 is 15.0 Å². The molecule has 1 amide bonds. The molecule has 0 spiro atoms. The average molecular weight is 298 g/mol. The van der Waals surface area contributed by atoms with Gasteiger partial charge in [-0.2, -0.15) is 0 Å². The van der Waals surface area contributed by atoms with Crippen molar-refractivity contribution in [1.82, 2.24) is 19.8 Å². The molecule has 2 heterocycles. The molecule has 0 saturated carbocycles. The molecule has 0 aromatic carbocycles. The molecule has 1 aromatic heterocycles. The highest BCUT2D eigenvalue weighted by Crippen LogP contribution is 2.16. The summed E-state index contributed by atoms with van der Waals surface area (Å²) in [6.07, 6.45) is 3.04. The number of methoxy groups -OCH3 is 1. The van der Waals surface area contributed by atoms with Gasteiger partial charge in [0, 0.05) is 26.2 Å². The monoisotopic (exact) mass is 298 g/mol. The lowest BCUT2D eigenvalue weighted by Crippen LogP contribution is -2.42. The Morgan fingerprint density at radius 2 is 2.45 bits per heavy atom. The zero-order valence-corrected chi connectivity index (χ0v) is 12.9. The first-order valence-corrected chi connectivity index (χ1v) is 7.86. The van der Waals surface area contributed by atoms with E-state index in [9.17, 15) is 4.79 Å². The van der Waals surface area contributed by atoms with Gasteiger partial charge in [0.2, 0.25) is 0 Å². The third-order valence-electron chi connectivity index (χ3n) is 3.54. The van der Waals surface area contributed by atoms with Crippen molar-refractivity contribution in [1.29, 1.82) is 0 Å². The van der Waals surface area contributed by atoms with E-state index in [0.717, 1.165) is 31.6 Å². The minimum absolute atomic E-state index is 0.0302. The van der Waals surface area contributed by atoms with Gasteiger partial charge in [0.05, 0.1) is 12.3 Å². The van der Waals surface area contributed by atoms with E-state index in [1.807, 2.05) is 11.8 Å². The summed E-state index contributed by atoms with van der Waals surface area (Å²) in [7, 11) is 1.65. The van der Waals surface area contributed by atoms with E-state index in [2.05, 4.69) is 14.9 Å². The van der Waals surface area contributed by atoms with Crippen molar-refractivity contribution in [2.45, 2.75) is 32.2 Å². The first kappa shape index (κ1) is 15.3. The lowest BCUT2D eigenvalue weighted by molar-refractivity contribution is 0.0682. The number of hydrogen-bond donors (Lipinski definition) is 1. The Morgan fingerprint density at radius 3 is 3.10 bits per heavy atom. The SMILES string of the molecule is CCc1nnsc1C(=O)N(CCOC)CC1CCCN1. The molecule has 6 nitrogen and oxygen atoms in total. The fraction of sp³-hybridized carbons (Fsp3) is 0.769. The zero-order chi connectivity index (χ0) is 14.4. The molecule has 112 valence electrons. The standard InChI is InChI=1S/C13H22N4O2S/c1-3-11-12(20-16-15-11)13(18)17(7-8-19-2)9-10-5-4-6-14-10/h10,14H,3-9H2,1-2H3. The van der Waals surface area contributed by atoms with Gasteiger partial charge in [-0.25, -0.2) is 0 Å². The molecule has 1 saturated heterocycles. The molecule has 1 aliphatic heterocycles. The molecule has 0 bridgehead atoms. The third-order valence-corrected chi connectivity index (χ3v) is 4.30. The van der Waals surface area contributed by atoms with Crippen LogP contribution in [0.15, 0.2) is 0 Å². The van der Waals surface area contributed by atoms with Crippen LogP contribution in [0.2, 0.25) is 0 Å². The van der Waals surface area contributed by atoms with Crippen LogP contribution >= 0.6 is 11.5 Å². The molecule has 2 rings (SSSR count). The molecular weight excluding hydrogens is 276 g/mol. The summed E-state index contributed by atoms with van der Waals surface area (Å²) in [5.41, 5.74) is 0.793. The third kappa shape index (κ3) is 3.74. The lowest BCUT2D eigenvalue weighted by Gasteiger charge is -2.25. The van der Waals surface area contributed by atoms with Crippen LogP contribution in [0.3, 0.4) is 0 Å². The summed E-state index contributed by atoms with van der Waals surface area (Å²) < 4.78 is 9.02. The maximum absolute atomic E-state index is 12.7. The van der Waals surface area contributed by atoms with Crippen LogP contribution in [0, 0.1) is 0 Å². The Labute approximate surface area is 123 Å². The number of carbonyl (C=O) groups is 1. The van der Waals surface area contributed by atoms with Gasteiger partial charge >= 0.3 is 0 Å². The topological polar surface area (TPSA) is 67.4 Å². The molecule has 1 N–H and O–H groups in total. The van der Waals surface area contributed by atoms with E-state index < -0.39 is 0 Å². The number of carbonyl (C=O) groups excluding carboxylic acids is 1. The summed E-state index contributed by atoms with van der Waals surface area (Å²) in [5, 5.41) is 7.45. The number of rotatable bonds is 7. The summed E-state index contributed by atoms with van der Waals surface area (Å²) in [5.74, 6) is 0.0302. The van der Waals surface area contributed by atoms with Crippen molar-refractivity contribution in [3.8, 4) is 0 Å².